The lowest BCUT2D eigenvalue weighted by Crippen LogP contribution is -2.39. The molecule has 6 heteroatoms. The van der Waals surface area contributed by atoms with Crippen LogP contribution in [-0.4, -0.2) is 36.6 Å². The van der Waals surface area contributed by atoms with E-state index < -0.39 is 10.8 Å². The van der Waals surface area contributed by atoms with E-state index in [-0.39, 0.29) is 12.3 Å². The molecular formula is C18H19NO4S. The van der Waals surface area contributed by atoms with Crippen LogP contribution in [0.25, 0.3) is 0 Å². The number of benzene rings is 2. The summed E-state index contributed by atoms with van der Waals surface area (Å²) in [5.74, 6) is 1.68. The monoisotopic (exact) mass is 345 g/mol. The van der Waals surface area contributed by atoms with Crippen molar-refractivity contribution in [2.45, 2.75) is 11.3 Å². The molecule has 0 N–H and O–H groups in total. The first kappa shape index (κ1) is 16.5. The Hall–Kier alpha value is -2.34. The van der Waals surface area contributed by atoms with E-state index in [2.05, 4.69) is 0 Å². The summed E-state index contributed by atoms with van der Waals surface area (Å²) < 4.78 is 22.6. The van der Waals surface area contributed by atoms with E-state index in [1.807, 2.05) is 36.4 Å². The number of hydrogen-bond donors (Lipinski definition) is 0. The van der Waals surface area contributed by atoms with Crippen molar-refractivity contribution in [3.05, 3.63) is 48.0 Å². The van der Waals surface area contributed by atoms with Crippen LogP contribution in [0.1, 0.15) is 5.56 Å². The Labute approximate surface area is 143 Å². The predicted molar refractivity (Wildman–Crippen MR) is 93.3 cm³/mol. The smallest absolute Gasteiger partial charge is 0.231 e. The van der Waals surface area contributed by atoms with Gasteiger partial charge in [0.25, 0.3) is 0 Å². The van der Waals surface area contributed by atoms with Crippen LogP contribution in [0.3, 0.4) is 0 Å². The van der Waals surface area contributed by atoms with E-state index in [0.717, 1.165) is 16.1 Å². The maximum absolute atomic E-state index is 12.7. The second kappa shape index (κ2) is 7.05. The molecule has 0 spiro atoms. The number of ether oxygens (including phenoxy) is 2. The molecule has 1 unspecified atom stereocenters. The molecule has 0 aliphatic carbocycles. The van der Waals surface area contributed by atoms with Crippen molar-refractivity contribution in [1.82, 2.24) is 0 Å². The van der Waals surface area contributed by atoms with Crippen molar-refractivity contribution in [3.8, 4) is 11.5 Å². The van der Waals surface area contributed by atoms with Gasteiger partial charge in [-0.1, -0.05) is 18.2 Å². The van der Waals surface area contributed by atoms with Crippen LogP contribution in [0.4, 0.5) is 5.69 Å². The summed E-state index contributed by atoms with van der Waals surface area (Å²) in [5, 5.41) is 0. The zero-order valence-corrected chi connectivity index (χ0v) is 14.5. The fourth-order valence-corrected chi connectivity index (χ4v) is 4.01. The van der Waals surface area contributed by atoms with Crippen molar-refractivity contribution in [3.63, 3.8) is 0 Å². The molecule has 3 rings (SSSR count). The number of hydrogen-bond acceptors (Lipinski definition) is 4. The van der Waals surface area contributed by atoms with Gasteiger partial charge in [0.2, 0.25) is 5.91 Å². The quantitative estimate of drug-likeness (QED) is 0.854. The summed E-state index contributed by atoms with van der Waals surface area (Å²) in [6.45, 7) is 0.468. The second-order valence-electron chi connectivity index (χ2n) is 5.43. The number of carbonyl (C=O) groups excluding carboxylic acids is 1. The van der Waals surface area contributed by atoms with Crippen LogP contribution in [0.5, 0.6) is 11.5 Å². The molecule has 2 aromatic rings. The maximum Gasteiger partial charge on any atom is 0.231 e. The summed E-state index contributed by atoms with van der Waals surface area (Å²) >= 11 is 0. The van der Waals surface area contributed by atoms with Crippen LogP contribution in [0.2, 0.25) is 0 Å². The Kier molecular flexibility index (Phi) is 4.85. The predicted octanol–water partition coefficient (Wildman–Crippen LogP) is 2.40. The Bertz CT molecular complexity index is 790. The SMILES string of the molecule is COc1ccc(CC(=O)N2CCS(=O)c3ccccc32)cc1OC. The van der Waals surface area contributed by atoms with Crippen LogP contribution >= 0.6 is 0 Å². The van der Waals surface area contributed by atoms with E-state index in [0.29, 0.717) is 23.8 Å². The number of anilines is 1. The summed E-state index contributed by atoms with van der Waals surface area (Å²) in [7, 11) is 2.11. The van der Waals surface area contributed by atoms with Gasteiger partial charge in [-0.2, -0.15) is 0 Å². The minimum atomic E-state index is -1.04. The van der Waals surface area contributed by atoms with Crippen molar-refractivity contribution in [1.29, 1.82) is 0 Å². The van der Waals surface area contributed by atoms with Gasteiger partial charge in [0, 0.05) is 12.3 Å². The molecule has 1 aliphatic heterocycles. The molecule has 5 nitrogen and oxygen atoms in total. The standard InChI is InChI=1S/C18H19NO4S/c1-22-15-8-7-13(11-16(15)23-2)12-18(20)19-9-10-24(21)17-6-4-3-5-14(17)19/h3-8,11H,9-10,12H2,1-2H3. The lowest BCUT2D eigenvalue weighted by atomic mass is 10.1. The molecule has 24 heavy (non-hydrogen) atoms. The average Bonchev–Trinajstić information content (AvgIpc) is 2.62. The number of rotatable bonds is 4. The summed E-state index contributed by atoms with van der Waals surface area (Å²) in [6, 6.07) is 12.8. The van der Waals surface area contributed by atoms with Gasteiger partial charge in [-0.25, -0.2) is 0 Å². The van der Waals surface area contributed by atoms with E-state index in [4.69, 9.17) is 9.47 Å². The van der Waals surface area contributed by atoms with Gasteiger partial charge in [-0.15, -0.1) is 0 Å². The molecule has 2 aromatic carbocycles. The minimum absolute atomic E-state index is 0.0219. The van der Waals surface area contributed by atoms with Crippen LogP contribution in [0.15, 0.2) is 47.4 Å². The molecule has 0 radical (unpaired) electrons. The van der Waals surface area contributed by atoms with E-state index in [1.54, 1.807) is 25.2 Å². The third-order valence-corrected chi connectivity index (χ3v) is 5.40. The van der Waals surface area contributed by atoms with Crippen molar-refractivity contribution in [2.24, 2.45) is 0 Å². The lowest BCUT2D eigenvalue weighted by molar-refractivity contribution is -0.118. The molecule has 0 fully saturated rings. The van der Waals surface area contributed by atoms with Crippen molar-refractivity contribution >= 4 is 22.4 Å². The van der Waals surface area contributed by atoms with Gasteiger partial charge in [0.05, 0.1) is 42.0 Å². The van der Waals surface area contributed by atoms with E-state index in [1.165, 1.54) is 0 Å². The summed E-state index contributed by atoms with van der Waals surface area (Å²) in [4.78, 5) is 15.2. The summed E-state index contributed by atoms with van der Waals surface area (Å²) in [6.07, 6.45) is 0.251. The first-order chi connectivity index (χ1) is 11.6. The minimum Gasteiger partial charge on any atom is -0.493 e. The van der Waals surface area contributed by atoms with Crippen molar-refractivity contribution in [2.75, 3.05) is 31.4 Å². The Morgan fingerprint density at radius 3 is 2.62 bits per heavy atom. The fourth-order valence-electron chi connectivity index (χ4n) is 2.80. The maximum atomic E-state index is 12.7. The molecule has 1 aliphatic rings. The van der Waals surface area contributed by atoms with Gasteiger partial charge in [0.15, 0.2) is 11.5 Å². The van der Waals surface area contributed by atoms with Gasteiger partial charge < -0.3 is 14.4 Å². The molecule has 1 amide bonds. The highest BCUT2D eigenvalue weighted by Gasteiger charge is 2.26. The molecule has 0 aromatic heterocycles. The van der Waals surface area contributed by atoms with Crippen LogP contribution in [-0.2, 0) is 22.0 Å². The Morgan fingerprint density at radius 2 is 1.88 bits per heavy atom. The Balaban J connectivity index is 1.83. The van der Waals surface area contributed by atoms with Gasteiger partial charge >= 0.3 is 0 Å². The highest BCUT2D eigenvalue weighted by atomic mass is 32.2. The first-order valence-electron chi connectivity index (χ1n) is 7.62. The van der Waals surface area contributed by atoms with Gasteiger partial charge in [-0.3, -0.25) is 9.00 Å². The number of amides is 1. The molecular weight excluding hydrogens is 326 g/mol. The molecule has 0 saturated carbocycles. The third-order valence-electron chi connectivity index (χ3n) is 4.01. The highest BCUT2D eigenvalue weighted by Crippen LogP contribution is 2.30. The third kappa shape index (κ3) is 3.14. The molecule has 0 saturated heterocycles. The zero-order chi connectivity index (χ0) is 17.1. The van der Waals surface area contributed by atoms with Crippen LogP contribution in [0, 0.1) is 0 Å². The van der Waals surface area contributed by atoms with Gasteiger partial charge in [-0.05, 0) is 29.8 Å². The average molecular weight is 345 g/mol. The number of nitrogens with zero attached hydrogens (tertiary/aromatic N) is 1. The number of fused-ring (bicyclic) bond motifs is 1. The largest absolute Gasteiger partial charge is 0.493 e. The summed E-state index contributed by atoms with van der Waals surface area (Å²) in [5.41, 5.74) is 1.59. The number of methoxy groups -OCH3 is 2. The number of carbonyl (C=O) groups is 1. The highest BCUT2D eigenvalue weighted by molar-refractivity contribution is 7.85. The normalized spacial score (nSPS) is 16.4. The topological polar surface area (TPSA) is 55.8 Å². The molecule has 1 heterocycles. The van der Waals surface area contributed by atoms with E-state index >= 15 is 0 Å². The zero-order valence-electron chi connectivity index (χ0n) is 13.7. The first-order valence-corrected chi connectivity index (χ1v) is 8.94. The van der Waals surface area contributed by atoms with Crippen LogP contribution < -0.4 is 14.4 Å². The second-order valence-corrected chi connectivity index (χ2v) is 6.97. The Morgan fingerprint density at radius 1 is 1.12 bits per heavy atom. The molecule has 126 valence electrons. The fraction of sp³-hybridized carbons (Fsp3) is 0.278. The van der Waals surface area contributed by atoms with Crippen molar-refractivity contribution < 1.29 is 18.5 Å². The van der Waals surface area contributed by atoms with E-state index in [9.17, 15) is 9.00 Å². The molecule has 1 atom stereocenters. The van der Waals surface area contributed by atoms with Gasteiger partial charge in [0.1, 0.15) is 0 Å². The number of para-hydroxylation sites is 1. The lowest BCUT2D eigenvalue weighted by Gasteiger charge is -2.29. The molecule has 0 bridgehead atoms.